The standard InChI is InChI=1S/C19H16N2O4S/c1-2-25-19(22)18-16(12-13-20)15-10-6-7-11-17(15)21(18)26(23,24)14-8-4-3-5-9-14/h3-11H,2,12H2,1H3. The normalized spacial score (nSPS) is 11.2. The Kier molecular flexibility index (Phi) is 4.78. The van der Waals surface area contributed by atoms with Gasteiger partial charge >= 0.3 is 5.97 Å². The molecule has 0 aliphatic rings. The second-order valence-corrected chi connectivity index (χ2v) is 7.27. The summed E-state index contributed by atoms with van der Waals surface area (Å²) in [5, 5.41) is 9.72. The number of para-hydroxylation sites is 1. The predicted molar refractivity (Wildman–Crippen MR) is 96.2 cm³/mol. The van der Waals surface area contributed by atoms with E-state index >= 15 is 0 Å². The van der Waals surface area contributed by atoms with E-state index in [0.29, 0.717) is 16.5 Å². The Balaban J connectivity index is 2.43. The van der Waals surface area contributed by atoms with Crippen LogP contribution in [0.4, 0.5) is 0 Å². The maximum absolute atomic E-state index is 13.3. The predicted octanol–water partition coefficient (Wildman–Crippen LogP) is 3.12. The van der Waals surface area contributed by atoms with Crippen molar-refractivity contribution in [2.75, 3.05) is 6.61 Å². The van der Waals surface area contributed by atoms with E-state index in [-0.39, 0.29) is 23.6 Å². The van der Waals surface area contributed by atoms with E-state index < -0.39 is 16.0 Å². The molecular formula is C19H16N2O4S. The van der Waals surface area contributed by atoms with Gasteiger partial charge in [0.15, 0.2) is 0 Å². The molecule has 0 spiro atoms. The average molecular weight is 368 g/mol. The zero-order valence-corrected chi connectivity index (χ0v) is 14.9. The minimum Gasteiger partial charge on any atom is -0.461 e. The number of nitriles is 1. The second kappa shape index (κ2) is 7.02. The van der Waals surface area contributed by atoms with Crippen LogP contribution in [-0.4, -0.2) is 25.0 Å². The van der Waals surface area contributed by atoms with Gasteiger partial charge in [0.25, 0.3) is 10.0 Å². The van der Waals surface area contributed by atoms with Crippen molar-refractivity contribution in [3.05, 3.63) is 65.9 Å². The van der Waals surface area contributed by atoms with Crippen molar-refractivity contribution in [1.29, 1.82) is 5.26 Å². The van der Waals surface area contributed by atoms with Crippen LogP contribution in [0.15, 0.2) is 59.5 Å². The summed E-state index contributed by atoms with van der Waals surface area (Å²) in [7, 11) is -4.05. The molecule has 0 aliphatic heterocycles. The third-order valence-corrected chi connectivity index (χ3v) is 5.67. The lowest BCUT2D eigenvalue weighted by atomic mass is 10.1. The molecule has 0 amide bonds. The molecule has 0 unspecified atom stereocenters. The molecule has 7 heteroatoms. The number of benzene rings is 2. The molecule has 0 bridgehead atoms. The van der Waals surface area contributed by atoms with Gasteiger partial charge in [-0.05, 0) is 25.1 Å². The number of hydrogen-bond acceptors (Lipinski definition) is 5. The van der Waals surface area contributed by atoms with Crippen LogP contribution in [0.5, 0.6) is 0 Å². The van der Waals surface area contributed by atoms with Crippen LogP contribution in [0.2, 0.25) is 0 Å². The summed E-state index contributed by atoms with van der Waals surface area (Å²) in [5.41, 5.74) is 0.559. The maximum Gasteiger partial charge on any atom is 0.356 e. The first-order chi connectivity index (χ1) is 12.5. The van der Waals surface area contributed by atoms with Crippen molar-refractivity contribution >= 4 is 26.9 Å². The van der Waals surface area contributed by atoms with Crippen molar-refractivity contribution in [3.8, 4) is 6.07 Å². The summed E-state index contributed by atoms with van der Waals surface area (Å²) in [6.07, 6.45) is -0.105. The number of fused-ring (bicyclic) bond motifs is 1. The summed E-state index contributed by atoms with van der Waals surface area (Å²) in [4.78, 5) is 12.6. The molecule has 1 aromatic heterocycles. The highest BCUT2D eigenvalue weighted by molar-refractivity contribution is 7.90. The summed E-state index contributed by atoms with van der Waals surface area (Å²) in [6, 6.07) is 16.6. The molecule has 3 aromatic rings. The highest BCUT2D eigenvalue weighted by Crippen LogP contribution is 2.31. The number of carbonyl (C=O) groups excluding carboxylic acids is 1. The van der Waals surface area contributed by atoms with Gasteiger partial charge in [-0.2, -0.15) is 5.26 Å². The van der Waals surface area contributed by atoms with Gasteiger partial charge in [-0.1, -0.05) is 36.4 Å². The van der Waals surface area contributed by atoms with Crippen LogP contribution in [0, 0.1) is 11.3 Å². The van der Waals surface area contributed by atoms with E-state index in [1.54, 1.807) is 49.4 Å². The van der Waals surface area contributed by atoms with Crippen molar-refractivity contribution in [2.45, 2.75) is 18.2 Å². The first kappa shape index (κ1) is 17.7. The van der Waals surface area contributed by atoms with Gasteiger partial charge in [0.05, 0.1) is 29.5 Å². The van der Waals surface area contributed by atoms with Crippen LogP contribution < -0.4 is 0 Å². The first-order valence-corrected chi connectivity index (χ1v) is 9.43. The number of hydrogen-bond donors (Lipinski definition) is 0. The molecule has 0 atom stereocenters. The van der Waals surface area contributed by atoms with Crippen LogP contribution in [0.3, 0.4) is 0 Å². The Morgan fingerprint density at radius 1 is 1.12 bits per heavy atom. The molecule has 26 heavy (non-hydrogen) atoms. The highest BCUT2D eigenvalue weighted by Gasteiger charge is 2.31. The fourth-order valence-electron chi connectivity index (χ4n) is 2.89. The van der Waals surface area contributed by atoms with Gasteiger partial charge in [0.1, 0.15) is 5.69 Å². The van der Waals surface area contributed by atoms with Crippen molar-refractivity contribution in [2.24, 2.45) is 0 Å². The van der Waals surface area contributed by atoms with Crippen molar-refractivity contribution < 1.29 is 17.9 Å². The minimum absolute atomic E-state index is 0.0507. The number of rotatable bonds is 5. The molecule has 2 aromatic carbocycles. The molecule has 3 rings (SSSR count). The summed E-state index contributed by atoms with van der Waals surface area (Å²) < 4.78 is 32.6. The van der Waals surface area contributed by atoms with E-state index in [1.165, 1.54) is 12.1 Å². The monoisotopic (exact) mass is 368 g/mol. The largest absolute Gasteiger partial charge is 0.461 e. The van der Waals surface area contributed by atoms with Crippen molar-refractivity contribution in [3.63, 3.8) is 0 Å². The van der Waals surface area contributed by atoms with Gasteiger partial charge in [0, 0.05) is 10.9 Å². The van der Waals surface area contributed by atoms with E-state index in [1.807, 2.05) is 6.07 Å². The van der Waals surface area contributed by atoms with Gasteiger partial charge < -0.3 is 4.74 Å². The molecule has 0 N–H and O–H groups in total. The lowest BCUT2D eigenvalue weighted by molar-refractivity contribution is 0.0517. The zero-order chi connectivity index (χ0) is 18.7. The molecule has 0 saturated heterocycles. The van der Waals surface area contributed by atoms with E-state index in [2.05, 4.69) is 0 Å². The van der Waals surface area contributed by atoms with Gasteiger partial charge in [-0.25, -0.2) is 17.2 Å². The van der Waals surface area contributed by atoms with Gasteiger partial charge in [-0.3, -0.25) is 0 Å². The number of esters is 1. The molecule has 1 heterocycles. The maximum atomic E-state index is 13.3. The van der Waals surface area contributed by atoms with Gasteiger partial charge in [-0.15, -0.1) is 0 Å². The minimum atomic E-state index is -4.05. The lowest BCUT2D eigenvalue weighted by Gasteiger charge is -2.12. The average Bonchev–Trinajstić information content (AvgIpc) is 2.98. The molecule has 0 aliphatic carbocycles. The Morgan fingerprint density at radius 2 is 1.77 bits per heavy atom. The number of nitrogens with zero attached hydrogens (tertiary/aromatic N) is 2. The van der Waals surface area contributed by atoms with Crippen molar-refractivity contribution in [1.82, 2.24) is 3.97 Å². The van der Waals surface area contributed by atoms with E-state index in [9.17, 15) is 18.5 Å². The Hall–Kier alpha value is -3.11. The molecule has 0 saturated carbocycles. The number of carbonyl (C=O) groups is 1. The quantitative estimate of drug-likeness (QED) is 0.646. The Bertz CT molecular complexity index is 1110. The van der Waals surface area contributed by atoms with E-state index in [4.69, 9.17) is 4.74 Å². The fourth-order valence-corrected chi connectivity index (χ4v) is 4.44. The Labute approximate surface area is 151 Å². The fraction of sp³-hybridized carbons (Fsp3) is 0.158. The molecule has 6 nitrogen and oxygen atoms in total. The van der Waals surface area contributed by atoms with E-state index in [0.717, 1.165) is 3.97 Å². The molecular weight excluding hydrogens is 352 g/mol. The third-order valence-electron chi connectivity index (χ3n) is 3.94. The second-order valence-electron chi connectivity index (χ2n) is 5.48. The Morgan fingerprint density at radius 3 is 2.42 bits per heavy atom. The topological polar surface area (TPSA) is 89.2 Å². The zero-order valence-electron chi connectivity index (χ0n) is 14.0. The summed E-state index contributed by atoms with van der Waals surface area (Å²) in [6.45, 7) is 1.73. The van der Waals surface area contributed by atoms with Crippen LogP contribution >= 0.6 is 0 Å². The smallest absolute Gasteiger partial charge is 0.356 e. The van der Waals surface area contributed by atoms with Crippen LogP contribution in [-0.2, 0) is 21.2 Å². The number of aromatic nitrogens is 1. The SMILES string of the molecule is CCOC(=O)c1c(CC#N)c2ccccc2n1S(=O)(=O)c1ccccc1. The van der Waals surface area contributed by atoms with Crippen LogP contribution in [0.1, 0.15) is 23.0 Å². The molecule has 0 radical (unpaired) electrons. The van der Waals surface area contributed by atoms with Gasteiger partial charge in [0.2, 0.25) is 0 Å². The third kappa shape index (κ3) is 2.85. The van der Waals surface area contributed by atoms with Crippen LogP contribution in [0.25, 0.3) is 10.9 Å². The molecule has 132 valence electrons. The lowest BCUT2D eigenvalue weighted by Crippen LogP contribution is -2.21. The summed E-state index contributed by atoms with van der Waals surface area (Å²) >= 11 is 0. The number of ether oxygens (including phenoxy) is 1. The highest BCUT2D eigenvalue weighted by atomic mass is 32.2. The first-order valence-electron chi connectivity index (χ1n) is 7.99. The molecule has 0 fully saturated rings. The summed E-state index contributed by atoms with van der Waals surface area (Å²) in [5.74, 6) is -0.770.